The molecular weight excluding hydrogens is 465 g/mol. The fourth-order valence-corrected chi connectivity index (χ4v) is 6.21. The van der Waals surface area contributed by atoms with Gasteiger partial charge in [-0.2, -0.15) is 5.10 Å². The van der Waals surface area contributed by atoms with Gasteiger partial charge in [0.05, 0.1) is 15.0 Å². The van der Waals surface area contributed by atoms with Gasteiger partial charge in [0.1, 0.15) is 11.5 Å². The third-order valence-electron chi connectivity index (χ3n) is 7.54. The van der Waals surface area contributed by atoms with Gasteiger partial charge in [-0.3, -0.25) is 10.1 Å². The van der Waals surface area contributed by atoms with E-state index in [0.717, 1.165) is 18.6 Å². The van der Waals surface area contributed by atoms with Crippen molar-refractivity contribution in [3.05, 3.63) is 51.0 Å². The highest BCUT2D eigenvalue weighted by atomic mass is 35.5. The Morgan fingerprint density at radius 2 is 2.00 bits per heavy atom. The summed E-state index contributed by atoms with van der Waals surface area (Å²) in [6.45, 7) is 6.97. The molecule has 0 spiro atoms. The molecule has 3 aliphatic rings. The first kappa shape index (κ1) is 21.8. The molecule has 5 nitrogen and oxygen atoms in total. The Morgan fingerprint density at radius 1 is 1.19 bits per heavy atom. The van der Waals surface area contributed by atoms with E-state index >= 15 is 0 Å². The number of fused-ring (bicyclic) bond motifs is 2. The van der Waals surface area contributed by atoms with Crippen LogP contribution < -0.4 is 5.32 Å². The van der Waals surface area contributed by atoms with E-state index in [1.54, 1.807) is 24.3 Å². The monoisotopic (exact) mass is 487 g/mol. The molecule has 166 valence electrons. The first-order valence-electron chi connectivity index (χ1n) is 10.6. The SMILES string of the molecule is CC12CCC(CC1=N/N=C1\NC(=O)C(=Cc3ccc(-c4cccc(Cl)c4Cl)o3)S1)C2(C)C. The number of carbonyl (C=O) groups is 1. The van der Waals surface area contributed by atoms with Crippen molar-refractivity contribution >= 4 is 57.8 Å². The molecule has 1 amide bonds. The number of hydrogen-bond donors (Lipinski definition) is 1. The molecule has 2 unspecified atom stereocenters. The van der Waals surface area contributed by atoms with Crippen molar-refractivity contribution in [2.75, 3.05) is 0 Å². The van der Waals surface area contributed by atoms with E-state index < -0.39 is 0 Å². The van der Waals surface area contributed by atoms with Gasteiger partial charge in [-0.15, -0.1) is 5.10 Å². The first-order chi connectivity index (χ1) is 15.2. The summed E-state index contributed by atoms with van der Waals surface area (Å²) in [6.07, 6.45) is 5.09. The van der Waals surface area contributed by atoms with Gasteiger partial charge < -0.3 is 4.42 Å². The van der Waals surface area contributed by atoms with Gasteiger partial charge >= 0.3 is 0 Å². The molecule has 32 heavy (non-hydrogen) atoms. The minimum Gasteiger partial charge on any atom is -0.457 e. The van der Waals surface area contributed by atoms with E-state index in [2.05, 4.69) is 36.3 Å². The van der Waals surface area contributed by atoms with Gasteiger partial charge in [-0.1, -0.05) is 50.0 Å². The van der Waals surface area contributed by atoms with Crippen LogP contribution in [0.3, 0.4) is 0 Å². The number of nitrogens with zero attached hydrogens (tertiary/aromatic N) is 2. The standard InChI is InChI=1S/C24H23Cl2N3O2S/c1-23(2)13-9-10-24(23,3)19(11-13)28-29-22-27-21(30)18(32-22)12-14-7-8-17(31-14)15-5-4-6-16(25)20(15)26/h4-8,12-13H,9-11H2,1-3H3,(H,27,29,30). The molecule has 1 aromatic heterocycles. The van der Waals surface area contributed by atoms with Crippen molar-refractivity contribution < 1.29 is 9.21 Å². The van der Waals surface area contributed by atoms with E-state index in [1.807, 2.05) is 12.1 Å². The molecule has 2 atom stereocenters. The second-order valence-electron chi connectivity index (χ2n) is 9.31. The van der Waals surface area contributed by atoms with E-state index in [4.69, 9.17) is 27.6 Å². The van der Waals surface area contributed by atoms with Crippen molar-refractivity contribution in [1.29, 1.82) is 0 Å². The zero-order chi connectivity index (χ0) is 22.7. The number of rotatable bonds is 3. The maximum absolute atomic E-state index is 12.4. The summed E-state index contributed by atoms with van der Waals surface area (Å²) >= 11 is 13.6. The number of amidine groups is 1. The fourth-order valence-electron chi connectivity index (χ4n) is 5.06. The predicted molar refractivity (Wildman–Crippen MR) is 132 cm³/mol. The van der Waals surface area contributed by atoms with Gasteiger partial charge in [-0.25, -0.2) is 0 Å². The van der Waals surface area contributed by atoms with E-state index in [-0.39, 0.29) is 16.7 Å². The molecule has 1 N–H and O–H groups in total. The number of thioether (sulfide) groups is 1. The third kappa shape index (κ3) is 3.44. The highest BCUT2D eigenvalue weighted by molar-refractivity contribution is 8.18. The summed E-state index contributed by atoms with van der Waals surface area (Å²) in [6, 6.07) is 8.97. The van der Waals surface area contributed by atoms with Crippen molar-refractivity contribution in [1.82, 2.24) is 5.32 Å². The Kier molecular flexibility index (Phi) is 5.31. The maximum atomic E-state index is 12.4. The summed E-state index contributed by atoms with van der Waals surface area (Å²) in [5, 5.41) is 13.1. The van der Waals surface area contributed by atoms with Crippen molar-refractivity contribution in [2.24, 2.45) is 27.0 Å². The molecule has 2 aliphatic carbocycles. The van der Waals surface area contributed by atoms with Crippen LogP contribution in [0.5, 0.6) is 0 Å². The largest absolute Gasteiger partial charge is 0.457 e. The second-order valence-corrected chi connectivity index (χ2v) is 11.1. The van der Waals surface area contributed by atoms with E-state index in [9.17, 15) is 4.79 Å². The summed E-state index contributed by atoms with van der Waals surface area (Å²) in [7, 11) is 0. The number of hydrogen-bond acceptors (Lipinski definition) is 5. The highest BCUT2D eigenvalue weighted by Gasteiger charge is 2.60. The second kappa shape index (κ2) is 7.79. The summed E-state index contributed by atoms with van der Waals surface area (Å²) in [4.78, 5) is 12.9. The van der Waals surface area contributed by atoms with Crippen LogP contribution >= 0.6 is 35.0 Å². The van der Waals surface area contributed by atoms with Crippen LogP contribution in [-0.2, 0) is 4.79 Å². The summed E-state index contributed by atoms with van der Waals surface area (Å²) in [5.74, 6) is 1.57. The van der Waals surface area contributed by atoms with Crippen LogP contribution in [0.4, 0.5) is 0 Å². The molecule has 1 saturated heterocycles. The third-order valence-corrected chi connectivity index (χ3v) is 9.26. The topological polar surface area (TPSA) is 67.0 Å². The number of nitrogens with one attached hydrogen (secondary N) is 1. The van der Waals surface area contributed by atoms with Crippen LogP contribution in [0, 0.1) is 16.7 Å². The lowest BCUT2D eigenvalue weighted by molar-refractivity contribution is -0.115. The van der Waals surface area contributed by atoms with Gasteiger partial charge in [0.25, 0.3) is 5.91 Å². The lowest BCUT2D eigenvalue weighted by atomic mass is 9.70. The number of carbonyl (C=O) groups excluding carboxylic acids is 1. The molecule has 3 fully saturated rings. The smallest absolute Gasteiger partial charge is 0.264 e. The van der Waals surface area contributed by atoms with Gasteiger partial charge in [-0.05, 0) is 66.6 Å². The quantitative estimate of drug-likeness (QED) is 0.373. The Morgan fingerprint density at radius 3 is 2.72 bits per heavy atom. The van der Waals surface area contributed by atoms with Crippen LogP contribution in [0.1, 0.15) is 45.8 Å². The number of furan rings is 1. The Hall–Kier alpha value is -2.02. The van der Waals surface area contributed by atoms with E-state index in [0.29, 0.717) is 43.1 Å². The van der Waals surface area contributed by atoms with Crippen LogP contribution in [0.15, 0.2) is 49.9 Å². The first-order valence-corrected chi connectivity index (χ1v) is 12.2. The normalized spacial score (nSPS) is 30.1. The molecule has 1 aliphatic heterocycles. The highest BCUT2D eigenvalue weighted by Crippen LogP contribution is 2.64. The maximum Gasteiger partial charge on any atom is 0.264 e. The lowest BCUT2D eigenvalue weighted by Crippen LogP contribution is -2.32. The molecule has 0 radical (unpaired) electrons. The summed E-state index contributed by atoms with van der Waals surface area (Å²) in [5.41, 5.74) is 2.17. The minimum absolute atomic E-state index is 0.0832. The lowest BCUT2D eigenvalue weighted by Gasteiger charge is -2.34. The van der Waals surface area contributed by atoms with Gasteiger partial charge in [0, 0.05) is 22.8 Å². The molecule has 8 heteroatoms. The molecule has 2 bridgehead atoms. The molecule has 2 heterocycles. The van der Waals surface area contributed by atoms with Crippen molar-refractivity contribution in [3.8, 4) is 11.3 Å². The van der Waals surface area contributed by atoms with Crippen molar-refractivity contribution in [3.63, 3.8) is 0 Å². The molecular formula is C24H23Cl2N3O2S. The minimum atomic E-state index is -0.216. The fraction of sp³-hybridized carbons (Fsp3) is 0.375. The van der Waals surface area contributed by atoms with Crippen LogP contribution in [0.25, 0.3) is 17.4 Å². The number of amides is 1. The Labute approximate surface area is 201 Å². The molecule has 5 rings (SSSR count). The molecule has 2 saturated carbocycles. The van der Waals surface area contributed by atoms with Gasteiger partial charge in [0.2, 0.25) is 0 Å². The Bertz CT molecular complexity index is 1210. The van der Waals surface area contributed by atoms with Crippen LogP contribution in [0.2, 0.25) is 10.0 Å². The average Bonchev–Trinajstić information content (AvgIpc) is 3.45. The molecule has 1 aromatic carbocycles. The predicted octanol–water partition coefficient (Wildman–Crippen LogP) is 7.02. The van der Waals surface area contributed by atoms with Gasteiger partial charge in [0.15, 0.2) is 5.17 Å². The average molecular weight is 488 g/mol. The Balaban J connectivity index is 1.35. The zero-order valence-corrected chi connectivity index (χ0v) is 20.4. The van der Waals surface area contributed by atoms with E-state index in [1.165, 1.54) is 18.2 Å². The molecule has 2 aromatic rings. The number of halogens is 2. The van der Waals surface area contributed by atoms with Crippen LogP contribution in [-0.4, -0.2) is 16.8 Å². The number of benzene rings is 1. The zero-order valence-electron chi connectivity index (χ0n) is 18.0. The van der Waals surface area contributed by atoms with Crippen molar-refractivity contribution in [2.45, 2.75) is 40.0 Å². The summed E-state index contributed by atoms with van der Waals surface area (Å²) < 4.78 is 5.88.